The SMILES string of the molecule is CCC1CCCCN1CCCNC(=O)c1ccc2c(c1)NC(=O)C(=Cc1ccc(Cl)cc1)O2. The smallest absolute Gasteiger partial charge is 0.291 e. The fourth-order valence-electron chi connectivity index (χ4n) is 4.41. The lowest BCUT2D eigenvalue weighted by Crippen LogP contribution is -2.40. The van der Waals surface area contributed by atoms with Crippen molar-refractivity contribution in [3.8, 4) is 5.75 Å². The van der Waals surface area contributed by atoms with E-state index in [-0.39, 0.29) is 17.6 Å². The molecule has 1 unspecified atom stereocenters. The molecule has 0 saturated carbocycles. The second-order valence-electron chi connectivity index (χ2n) is 8.53. The summed E-state index contributed by atoms with van der Waals surface area (Å²) in [5.41, 5.74) is 1.78. The molecule has 2 amide bonds. The third-order valence-corrected chi connectivity index (χ3v) is 6.48. The minimum atomic E-state index is -0.359. The van der Waals surface area contributed by atoms with Crippen LogP contribution in [0.15, 0.2) is 48.2 Å². The van der Waals surface area contributed by atoms with E-state index in [0.717, 1.165) is 25.1 Å². The highest BCUT2D eigenvalue weighted by Crippen LogP contribution is 2.32. The Morgan fingerprint density at radius 2 is 2.06 bits per heavy atom. The Kier molecular flexibility index (Phi) is 7.68. The van der Waals surface area contributed by atoms with Gasteiger partial charge in [0.15, 0.2) is 11.5 Å². The van der Waals surface area contributed by atoms with Crippen LogP contribution in [-0.2, 0) is 4.79 Å². The highest BCUT2D eigenvalue weighted by Gasteiger charge is 2.23. The van der Waals surface area contributed by atoms with Gasteiger partial charge in [-0.3, -0.25) is 9.59 Å². The van der Waals surface area contributed by atoms with Crippen LogP contribution in [0.3, 0.4) is 0 Å². The van der Waals surface area contributed by atoms with Crippen LogP contribution in [0.1, 0.15) is 54.9 Å². The van der Waals surface area contributed by atoms with E-state index < -0.39 is 0 Å². The highest BCUT2D eigenvalue weighted by atomic mass is 35.5. The minimum absolute atomic E-state index is 0.153. The van der Waals surface area contributed by atoms with Gasteiger partial charge in [-0.2, -0.15) is 0 Å². The summed E-state index contributed by atoms with van der Waals surface area (Å²) in [4.78, 5) is 27.7. The van der Waals surface area contributed by atoms with Gasteiger partial charge in [-0.05, 0) is 74.2 Å². The van der Waals surface area contributed by atoms with Gasteiger partial charge in [-0.1, -0.05) is 37.1 Å². The number of hydrogen-bond donors (Lipinski definition) is 2. The zero-order valence-corrected chi connectivity index (χ0v) is 19.7. The number of anilines is 1. The molecular formula is C26H30ClN3O3. The predicted octanol–water partition coefficient (Wildman–Crippen LogP) is 5.10. The summed E-state index contributed by atoms with van der Waals surface area (Å²) in [6.07, 6.45) is 7.63. The fraction of sp³-hybridized carbons (Fsp3) is 0.385. The number of fused-ring (bicyclic) bond motifs is 1. The summed E-state index contributed by atoms with van der Waals surface area (Å²) < 4.78 is 5.78. The molecule has 7 heteroatoms. The first-order valence-corrected chi connectivity index (χ1v) is 12.0. The molecule has 2 N–H and O–H groups in total. The average molecular weight is 468 g/mol. The van der Waals surface area contributed by atoms with Gasteiger partial charge >= 0.3 is 0 Å². The zero-order chi connectivity index (χ0) is 23.2. The average Bonchev–Trinajstić information content (AvgIpc) is 2.83. The molecule has 0 radical (unpaired) electrons. The summed E-state index contributed by atoms with van der Waals surface area (Å²) in [5, 5.41) is 6.43. The van der Waals surface area contributed by atoms with Crippen molar-refractivity contribution in [1.82, 2.24) is 10.2 Å². The number of amides is 2. The van der Waals surface area contributed by atoms with Crippen LogP contribution < -0.4 is 15.4 Å². The third kappa shape index (κ3) is 5.95. The summed E-state index contributed by atoms with van der Waals surface area (Å²) in [7, 11) is 0. The maximum atomic E-state index is 12.6. The normalized spacial score (nSPS) is 19.5. The van der Waals surface area contributed by atoms with E-state index in [1.54, 1.807) is 36.4 Å². The quantitative estimate of drug-likeness (QED) is 0.439. The summed E-state index contributed by atoms with van der Waals surface area (Å²) in [6.45, 7) is 5.04. The zero-order valence-electron chi connectivity index (χ0n) is 18.9. The van der Waals surface area contributed by atoms with Gasteiger partial charge in [0.1, 0.15) is 0 Å². The van der Waals surface area contributed by atoms with Crippen molar-refractivity contribution in [1.29, 1.82) is 0 Å². The van der Waals surface area contributed by atoms with Gasteiger partial charge in [0.05, 0.1) is 5.69 Å². The molecule has 1 saturated heterocycles. The topological polar surface area (TPSA) is 70.7 Å². The maximum Gasteiger partial charge on any atom is 0.291 e. The molecular weight excluding hydrogens is 438 g/mol. The number of hydrogen-bond acceptors (Lipinski definition) is 4. The highest BCUT2D eigenvalue weighted by molar-refractivity contribution is 6.30. The van der Waals surface area contributed by atoms with Gasteiger partial charge in [0, 0.05) is 29.7 Å². The van der Waals surface area contributed by atoms with Gasteiger partial charge in [-0.25, -0.2) is 0 Å². The van der Waals surface area contributed by atoms with Crippen molar-refractivity contribution in [2.75, 3.05) is 25.0 Å². The van der Waals surface area contributed by atoms with E-state index in [1.807, 2.05) is 12.1 Å². The van der Waals surface area contributed by atoms with E-state index in [1.165, 1.54) is 25.7 Å². The van der Waals surface area contributed by atoms with Crippen LogP contribution in [0.5, 0.6) is 5.75 Å². The lowest BCUT2D eigenvalue weighted by Gasteiger charge is -2.35. The molecule has 0 spiro atoms. The maximum absolute atomic E-state index is 12.6. The van der Waals surface area contributed by atoms with Gasteiger partial charge in [0.25, 0.3) is 11.8 Å². The molecule has 2 aliphatic rings. The Bertz CT molecular complexity index is 1040. The van der Waals surface area contributed by atoms with Crippen LogP contribution in [0.25, 0.3) is 6.08 Å². The van der Waals surface area contributed by atoms with Gasteiger partial charge < -0.3 is 20.3 Å². The number of halogens is 1. The van der Waals surface area contributed by atoms with Crippen LogP contribution in [0.2, 0.25) is 5.02 Å². The molecule has 33 heavy (non-hydrogen) atoms. The van der Waals surface area contributed by atoms with Gasteiger partial charge in [-0.15, -0.1) is 0 Å². The van der Waals surface area contributed by atoms with Crippen LogP contribution in [0, 0.1) is 0 Å². The van der Waals surface area contributed by atoms with Crippen LogP contribution >= 0.6 is 11.6 Å². The Hall–Kier alpha value is -2.83. The molecule has 174 valence electrons. The Balaban J connectivity index is 1.32. The number of nitrogens with one attached hydrogen (secondary N) is 2. The Labute approximate surface area is 199 Å². The molecule has 0 aromatic heterocycles. The minimum Gasteiger partial charge on any atom is -0.449 e. The Morgan fingerprint density at radius 3 is 2.85 bits per heavy atom. The molecule has 1 fully saturated rings. The summed E-state index contributed by atoms with van der Waals surface area (Å²) >= 11 is 5.91. The Morgan fingerprint density at radius 1 is 1.24 bits per heavy atom. The predicted molar refractivity (Wildman–Crippen MR) is 132 cm³/mol. The molecule has 2 aliphatic heterocycles. The third-order valence-electron chi connectivity index (χ3n) is 6.23. The largest absolute Gasteiger partial charge is 0.449 e. The molecule has 0 bridgehead atoms. The second-order valence-corrected chi connectivity index (χ2v) is 8.97. The molecule has 2 heterocycles. The van der Waals surface area contributed by atoms with E-state index in [4.69, 9.17) is 16.3 Å². The molecule has 6 nitrogen and oxygen atoms in total. The first kappa shape index (κ1) is 23.3. The van der Waals surface area contributed by atoms with Crippen molar-refractivity contribution in [2.24, 2.45) is 0 Å². The monoisotopic (exact) mass is 467 g/mol. The van der Waals surface area contributed by atoms with Crippen LogP contribution in [0.4, 0.5) is 5.69 Å². The molecule has 4 rings (SSSR count). The van der Waals surface area contributed by atoms with Crippen molar-refractivity contribution < 1.29 is 14.3 Å². The number of ether oxygens (including phenoxy) is 1. The molecule has 2 aromatic carbocycles. The molecule has 2 aromatic rings. The summed E-state index contributed by atoms with van der Waals surface area (Å²) in [6, 6.07) is 12.9. The fourth-order valence-corrected chi connectivity index (χ4v) is 4.54. The van der Waals surface area contributed by atoms with E-state index in [9.17, 15) is 9.59 Å². The number of nitrogens with zero attached hydrogens (tertiary/aromatic N) is 1. The van der Waals surface area contributed by atoms with E-state index >= 15 is 0 Å². The summed E-state index contributed by atoms with van der Waals surface area (Å²) in [5.74, 6) is 0.175. The first-order chi connectivity index (χ1) is 16.0. The number of benzene rings is 2. The molecule has 1 atom stereocenters. The van der Waals surface area contributed by atoms with Crippen molar-refractivity contribution >= 4 is 35.2 Å². The van der Waals surface area contributed by atoms with E-state index in [0.29, 0.717) is 34.6 Å². The van der Waals surface area contributed by atoms with E-state index in [2.05, 4.69) is 22.5 Å². The number of piperidine rings is 1. The lowest BCUT2D eigenvalue weighted by atomic mass is 10.00. The standard InChI is InChI=1S/C26H30ClN3O3/c1-2-21-6-3-4-14-30(21)15-5-13-28-25(31)19-9-12-23-22(17-19)29-26(32)24(33-23)16-18-7-10-20(27)11-8-18/h7-12,16-17,21H,2-6,13-15H2,1H3,(H,28,31)(H,29,32). The first-order valence-electron chi connectivity index (χ1n) is 11.7. The number of rotatable bonds is 7. The van der Waals surface area contributed by atoms with Crippen LogP contribution in [-0.4, -0.2) is 42.4 Å². The number of carbonyl (C=O) groups excluding carboxylic acids is 2. The van der Waals surface area contributed by atoms with Crippen molar-refractivity contribution in [2.45, 2.75) is 45.1 Å². The van der Waals surface area contributed by atoms with Crippen molar-refractivity contribution in [3.63, 3.8) is 0 Å². The second kappa shape index (κ2) is 10.9. The number of likely N-dealkylation sites (tertiary alicyclic amines) is 1. The molecule has 0 aliphatic carbocycles. The lowest BCUT2D eigenvalue weighted by molar-refractivity contribution is -0.115. The van der Waals surface area contributed by atoms with Gasteiger partial charge in [0.2, 0.25) is 0 Å². The number of carbonyl (C=O) groups is 2. The van der Waals surface area contributed by atoms with Crippen molar-refractivity contribution in [3.05, 3.63) is 64.4 Å².